The Morgan fingerprint density at radius 2 is 2.30 bits per heavy atom. The van der Waals surface area contributed by atoms with Crippen molar-refractivity contribution in [1.82, 2.24) is 19.6 Å². The number of methoxy groups -OCH3 is 1. The number of carbonyl (C=O) groups excluding carboxylic acids is 1. The fourth-order valence-corrected chi connectivity index (χ4v) is 3.62. The molecule has 2 saturated heterocycles. The third kappa shape index (κ3) is 3.50. The summed E-state index contributed by atoms with van der Waals surface area (Å²) in [4.78, 5) is 17.2. The summed E-state index contributed by atoms with van der Waals surface area (Å²) in [6, 6.07) is 2.67. The Kier molecular flexibility index (Phi) is 4.87. The average Bonchev–Trinajstić information content (AvgIpc) is 3.10. The van der Waals surface area contributed by atoms with E-state index in [9.17, 15) is 4.79 Å². The Morgan fingerprint density at radius 1 is 1.48 bits per heavy atom. The van der Waals surface area contributed by atoms with Crippen LogP contribution in [0.25, 0.3) is 0 Å². The van der Waals surface area contributed by atoms with E-state index in [2.05, 4.69) is 22.2 Å². The first-order chi connectivity index (χ1) is 11.1. The van der Waals surface area contributed by atoms with E-state index in [1.165, 1.54) is 19.4 Å². The van der Waals surface area contributed by atoms with Crippen LogP contribution in [-0.2, 0) is 18.2 Å². The number of urea groups is 1. The minimum absolute atomic E-state index is 0.0228. The predicted octanol–water partition coefficient (Wildman–Crippen LogP) is 1.31. The van der Waals surface area contributed by atoms with Gasteiger partial charge in [0.05, 0.1) is 12.3 Å². The van der Waals surface area contributed by atoms with Crippen LogP contribution in [-0.4, -0.2) is 71.0 Å². The molecule has 0 aromatic carbocycles. The molecule has 2 fully saturated rings. The van der Waals surface area contributed by atoms with Crippen molar-refractivity contribution in [2.45, 2.75) is 38.3 Å². The minimum Gasteiger partial charge on any atom is -0.384 e. The number of amides is 2. The van der Waals surface area contributed by atoms with Gasteiger partial charge in [0.1, 0.15) is 5.82 Å². The summed E-state index contributed by atoms with van der Waals surface area (Å²) in [7, 11) is 3.53. The molecule has 0 saturated carbocycles. The Hall–Kier alpha value is -1.60. The molecule has 1 aromatic rings. The molecule has 1 N–H and O–H groups in total. The van der Waals surface area contributed by atoms with Gasteiger partial charge in [0.15, 0.2) is 0 Å². The Morgan fingerprint density at radius 3 is 3.09 bits per heavy atom. The average molecular weight is 321 g/mol. The van der Waals surface area contributed by atoms with Crippen LogP contribution < -0.4 is 5.32 Å². The molecule has 0 bridgehead atoms. The van der Waals surface area contributed by atoms with Crippen LogP contribution in [0.15, 0.2) is 6.07 Å². The van der Waals surface area contributed by atoms with Crippen LogP contribution in [0.2, 0.25) is 0 Å². The normalized spacial score (nSPS) is 24.7. The lowest BCUT2D eigenvalue weighted by Crippen LogP contribution is -2.57. The summed E-state index contributed by atoms with van der Waals surface area (Å²) < 4.78 is 6.80. The molecule has 7 nitrogen and oxygen atoms in total. The van der Waals surface area contributed by atoms with Crippen LogP contribution in [0.1, 0.15) is 25.5 Å². The molecule has 1 aromatic heterocycles. The highest BCUT2D eigenvalue weighted by Gasteiger charge is 2.36. The van der Waals surface area contributed by atoms with Crippen molar-refractivity contribution in [3.8, 4) is 0 Å². The first kappa shape index (κ1) is 16.3. The first-order valence-corrected chi connectivity index (χ1v) is 8.42. The zero-order valence-electron chi connectivity index (χ0n) is 14.3. The number of fused-ring (bicyclic) bond motifs is 1. The van der Waals surface area contributed by atoms with Crippen LogP contribution in [0.4, 0.5) is 10.6 Å². The maximum atomic E-state index is 12.7. The highest BCUT2D eigenvalue weighted by atomic mass is 16.5. The number of rotatable bonds is 4. The maximum absolute atomic E-state index is 12.7. The number of aryl methyl sites for hydroxylation is 1. The van der Waals surface area contributed by atoms with Gasteiger partial charge in [0.2, 0.25) is 0 Å². The third-order valence-corrected chi connectivity index (χ3v) is 4.93. The van der Waals surface area contributed by atoms with E-state index in [1.807, 2.05) is 18.0 Å². The fourth-order valence-electron chi connectivity index (χ4n) is 3.62. The van der Waals surface area contributed by atoms with Crippen molar-refractivity contribution < 1.29 is 9.53 Å². The monoisotopic (exact) mass is 321 g/mol. The van der Waals surface area contributed by atoms with E-state index < -0.39 is 0 Å². The molecule has 7 heteroatoms. The molecular formula is C16H27N5O2. The predicted molar refractivity (Wildman–Crippen MR) is 88.6 cm³/mol. The highest BCUT2D eigenvalue weighted by molar-refractivity contribution is 5.88. The van der Waals surface area contributed by atoms with E-state index in [4.69, 9.17) is 4.74 Å². The fraction of sp³-hybridized carbons (Fsp3) is 0.750. The molecule has 0 aliphatic carbocycles. The van der Waals surface area contributed by atoms with Gasteiger partial charge < -0.3 is 9.64 Å². The lowest BCUT2D eigenvalue weighted by Gasteiger charge is -2.42. The molecule has 3 heterocycles. The Balaban J connectivity index is 1.63. The van der Waals surface area contributed by atoms with E-state index in [0.29, 0.717) is 12.6 Å². The number of nitrogens with zero attached hydrogens (tertiary/aromatic N) is 4. The van der Waals surface area contributed by atoms with Gasteiger partial charge in [-0.05, 0) is 26.3 Å². The van der Waals surface area contributed by atoms with Crippen molar-refractivity contribution in [2.75, 3.05) is 38.7 Å². The van der Waals surface area contributed by atoms with E-state index in [1.54, 1.807) is 11.8 Å². The zero-order chi connectivity index (χ0) is 16.4. The number of hydrogen-bond donors (Lipinski definition) is 1. The van der Waals surface area contributed by atoms with Gasteiger partial charge in [-0.25, -0.2) is 4.79 Å². The molecule has 3 rings (SSSR count). The molecule has 2 aliphatic heterocycles. The van der Waals surface area contributed by atoms with Crippen molar-refractivity contribution in [1.29, 1.82) is 0 Å². The van der Waals surface area contributed by atoms with Crippen LogP contribution in [0, 0.1) is 0 Å². The van der Waals surface area contributed by atoms with Crippen molar-refractivity contribution in [2.24, 2.45) is 7.05 Å². The van der Waals surface area contributed by atoms with Crippen molar-refractivity contribution in [3.05, 3.63) is 11.8 Å². The number of anilines is 1. The first-order valence-electron chi connectivity index (χ1n) is 8.42. The van der Waals surface area contributed by atoms with Gasteiger partial charge >= 0.3 is 6.03 Å². The smallest absolute Gasteiger partial charge is 0.323 e. The number of ether oxygens (including phenoxy) is 1. The molecule has 0 radical (unpaired) electrons. The van der Waals surface area contributed by atoms with Crippen molar-refractivity contribution in [3.63, 3.8) is 0 Å². The number of carbonyl (C=O) groups is 1. The number of nitrogens with one attached hydrogen (secondary N) is 1. The number of piperazine rings is 1. The zero-order valence-corrected chi connectivity index (χ0v) is 14.3. The van der Waals surface area contributed by atoms with E-state index in [0.717, 1.165) is 31.0 Å². The van der Waals surface area contributed by atoms with Crippen LogP contribution >= 0.6 is 0 Å². The summed E-state index contributed by atoms with van der Waals surface area (Å²) in [5.41, 5.74) is 0.929. The summed E-state index contributed by atoms with van der Waals surface area (Å²) >= 11 is 0. The Labute approximate surface area is 137 Å². The minimum atomic E-state index is -0.0228. The topological polar surface area (TPSA) is 62.6 Å². The second-order valence-electron chi connectivity index (χ2n) is 6.61. The summed E-state index contributed by atoms with van der Waals surface area (Å²) in [6.07, 6.45) is 3.19. The lowest BCUT2D eigenvalue weighted by atomic mass is 10.1. The van der Waals surface area contributed by atoms with Gasteiger partial charge in [0, 0.05) is 51.8 Å². The molecule has 2 atom stereocenters. The number of aromatic nitrogens is 2. The number of hydrogen-bond acceptors (Lipinski definition) is 4. The van der Waals surface area contributed by atoms with E-state index in [-0.39, 0.29) is 12.1 Å². The molecule has 0 spiro atoms. The van der Waals surface area contributed by atoms with Gasteiger partial charge in [-0.15, -0.1) is 0 Å². The summed E-state index contributed by atoms with van der Waals surface area (Å²) in [5.74, 6) is 0.738. The molecule has 2 unspecified atom stereocenters. The van der Waals surface area contributed by atoms with Gasteiger partial charge in [0.25, 0.3) is 0 Å². The SMILES string of the molecule is COCCc1cc(NC(=O)N2CC3CCCN3CC2C)n(C)n1. The summed E-state index contributed by atoms with van der Waals surface area (Å²) in [6.45, 7) is 5.73. The molecule has 2 aliphatic rings. The van der Waals surface area contributed by atoms with Crippen LogP contribution in [0.5, 0.6) is 0 Å². The standard InChI is InChI=1S/C16H27N5O2/c1-12-10-20-7-4-5-14(20)11-21(12)16(22)17-15-9-13(6-8-23-3)18-19(15)2/h9,12,14H,4-8,10-11H2,1-3H3,(H,17,22). The largest absolute Gasteiger partial charge is 0.384 e. The van der Waals surface area contributed by atoms with Crippen molar-refractivity contribution >= 4 is 11.8 Å². The van der Waals surface area contributed by atoms with E-state index >= 15 is 0 Å². The second kappa shape index (κ2) is 6.88. The second-order valence-corrected chi connectivity index (χ2v) is 6.61. The third-order valence-electron chi connectivity index (χ3n) is 4.93. The highest BCUT2D eigenvalue weighted by Crippen LogP contribution is 2.25. The van der Waals surface area contributed by atoms with Gasteiger partial charge in [-0.2, -0.15) is 5.10 Å². The van der Waals surface area contributed by atoms with Crippen LogP contribution in [0.3, 0.4) is 0 Å². The quantitative estimate of drug-likeness (QED) is 0.908. The summed E-state index contributed by atoms with van der Waals surface area (Å²) in [5, 5.41) is 7.43. The Bertz CT molecular complexity index is 559. The molecule has 23 heavy (non-hydrogen) atoms. The maximum Gasteiger partial charge on any atom is 0.323 e. The van der Waals surface area contributed by atoms with Gasteiger partial charge in [-0.1, -0.05) is 0 Å². The molecule has 128 valence electrons. The molecule has 2 amide bonds. The molecular weight excluding hydrogens is 294 g/mol. The van der Waals surface area contributed by atoms with Gasteiger partial charge in [-0.3, -0.25) is 14.9 Å². The lowest BCUT2D eigenvalue weighted by molar-refractivity contribution is 0.0860.